The first-order valence-electron chi connectivity index (χ1n) is 10.6. The standard InChI is InChI=1S/C21H28N2O4S/c1-22(2)15-18-16-23(28(25,26)20-10-5-4-6-11-20)13-12-21(18,24)17-8-7-9-19(14-17)27-3/h4-11,14,18,24H,12-13,15-16H2,1-3H3/i3D3. The molecule has 7 heteroatoms. The molecule has 2 aromatic rings. The topological polar surface area (TPSA) is 70.1 Å². The van der Waals surface area contributed by atoms with Gasteiger partial charge in [-0.3, -0.25) is 0 Å². The van der Waals surface area contributed by atoms with Crippen molar-refractivity contribution in [2.45, 2.75) is 16.9 Å². The van der Waals surface area contributed by atoms with Gasteiger partial charge in [0.05, 0.1) is 21.6 Å². The fraction of sp³-hybridized carbons (Fsp3) is 0.429. The average molecular weight is 408 g/mol. The lowest BCUT2D eigenvalue weighted by molar-refractivity contribution is -0.0698. The van der Waals surface area contributed by atoms with Crippen molar-refractivity contribution in [3.8, 4) is 5.75 Å². The Morgan fingerprint density at radius 2 is 2.00 bits per heavy atom. The molecule has 28 heavy (non-hydrogen) atoms. The van der Waals surface area contributed by atoms with Crippen LogP contribution in [-0.2, 0) is 15.6 Å². The van der Waals surface area contributed by atoms with Gasteiger partial charge in [0, 0.05) is 25.6 Å². The Bertz CT molecular complexity index is 999. The summed E-state index contributed by atoms with van der Waals surface area (Å²) in [5.74, 6) is -0.299. The molecule has 1 aliphatic heterocycles. The molecule has 1 N–H and O–H groups in total. The van der Waals surface area contributed by atoms with Crippen LogP contribution in [0.15, 0.2) is 59.5 Å². The van der Waals surface area contributed by atoms with Gasteiger partial charge in [-0.2, -0.15) is 4.31 Å². The number of ether oxygens (including phenoxy) is 1. The number of sulfonamides is 1. The summed E-state index contributed by atoms with van der Waals surface area (Å²) in [6.45, 7) is 0.722. The highest BCUT2D eigenvalue weighted by molar-refractivity contribution is 7.89. The second-order valence-electron chi connectivity index (χ2n) is 7.44. The van der Waals surface area contributed by atoms with Gasteiger partial charge in [0.15, 0.2) is 0 Å². The number of hydrogen-bond acceptors (Lipinski definition) is 5. The highest BCUT2D eigenvalue weighted by Gasteiger charge is 2.46. The zero-order valence-electron chi connectivity index (χ0n) is 19.1. The van der Waals surface area contributed by atoms with E-state index in [2.05, 4.69) is 0 Å². The van der Waals surface area contributed by atoms with E-state index in [1.165, 1.54) is 16.4 Å². The molecule has 2 aromatic carbocycles. The molecule has 152 valence electrons. The van der Waals surface area contributed by atoms with E-state index >= 15 is 0 Å². The number of nitrogens with zero attached hydrogens (tertiary/aromatic N) is 2. The van der Waals surface area contributed by atoms with Crippen molar-refractivity contribution < 1.29 is 22.4 Å². The van der Waals surface area contributed by atoms with Crippen LogP contribution in [0, 0.1) is 5.92 Å². The summed E-state index contributed by atoms with van der Waals surface area (Å²) in [5.41, 5.74) is -0.820. The lowest BCUT2D eigenvalue weighted by Crippen LogP contribution is -2.54. The summed E-state index contributed by atoms with van der Waals surface area (Å²) in [6.07, 6.45) is 0.175. The van der Waals surface area contributed by atoms with Crippen molar-refractivity contribution in [1.29, 1.82) is 0 Å². The molecule has 0 aliphatic carbocycles. The molecular weight excluding hydrogens is 376 g/mol. The normalized spacial score (nSPS) is 25.7. The van der Waals surface area contributed by atoms with E-state index in [1.54, 1.807) is 42.5 Å². The lowest BCUT2D eigenvalue weighted by Gasteiger charge is -2.45. The van der Waals surface area contributed by atoms with E-state index < -0.39 is 28.6 Å². The Labute approximate surface area is 171 Å². The molecule has 2 atom stereocenters. The van der Waals surface area contributed by atoms with E-state index in [9.17, 15) is 13.5 Å². The van der Waals surface area contributed by atoms with Crippen molar-refractivity contribution in [1.82, 2.24) is 9.21 Å². The van der Waals surface area contributed by atoms with Crippen LogP contribution in [0.4, 0.5) is 0 Å². The molecule has 0 bridgehead atoms. The number of aliphatic hydroxyl groups is 1. The van der Waals surface area contributed by atoms with Gasteiger partial charge < -0.3 is 14.7 Å². The lowest BCUT2D eigenvalue weighted by atomic mass is 9.76. The van der Waals surface area contributed by atoms with Gasteiger partial charge >= 0.3 is 0 Å². The second-order valence-corrected chi connectivity index (χ2v) is 9.38. The highest BCUT2D eigenvalue weighted by Crippen LogP contribution is 2.40. The first kappa shape index (κ1) is 17.0. The molecule has 2 unspecified atom stereocenters. The summed E-state index contributed by atoms with van der Waals surface area (Å²) in [5, 5.41) is 11.7. The first-order chi connectivity index (χ1) is 14.4. The van der Waals surface area contributed by atoms with Gasteiger partial charge in [-0.25, -0.2) is 8.42 Å². The van der Waals surface area contributed by atoms with E-state index in [1.807, 2.05) is 19.0 Å². The first-order valence-corrected chi connectivity index (χ1v) is 10.6. The van der Waals surface area contributed by atoms with Crippen LogP contribution in [0.1, 0.15) is 16.1 Å². The van der Waals surface area contributed by atoms with Gasteiger partial charge in [-0.1, -0.05) is 30.3 Å². The molecule has 0 amide bonds. The predicted octanol–water partition coefficient (Wildman–Crippen LogP) is 2.16. The summed E-state index contributed by atoms with van der Waals surface area (Å²) in [4.78, 5) is 2.12. The molecule has 1 saturated heterocycles. The third kappa shape index (κ3) is 4.07. The minimum Gasteiger partial charge on any atom is -0.497 e. The molecule has 0 saturated carbocycles. The zero-order chi connectivity index (χ0) is 22.9. The third-order valence-corrected chi connectivity index (χ3v) is 7.14. The maximum Gasteiger partial charge on any atom is 0.243 e. The molecule has 0 aromatic heterocycles. The smallest absolute Gasteiger partial charge is 0.243 e. The number of benzene rings is 2. The SMILES string of the molecule is [2H]C([2H])([2H])Oc1cccc(C2(O)CCN(S(=O)(=O)c3ccccc3)CC2CN(C)C)c1. The maximum absolute atomic E-state index is 13.1. The van der Waals surface area contributed by atoms with Crippen molar-refractivity contribution in [2.24, 2.45) is 5.92 Å². The van der Waals surface area contributed by atoms with Crippen molar-refractivity contribution in [3.05, 3.63) is 60.2 Å². The molecule has 0 radical (unpaired) electrons. The minimum absolute atomic E-state index is 0.133. The monoisotopic (exact) mass is 407 g/mol. The predicted molar refractivity (Wildman–Crippen MR) is 109 cm³/mol. The van der Waals surface area contributed by atoms with Crippen molar-refractivity contribution in [2.75, 3.05) is 40.8 Å². The van der Waals surface area contributed by atoms with Gasteiger partial charge in [0.1, 0.15) is 5.75 Å². The Hall–Kier alpha value is -1.93. The van der Waals surface area contributed by atoms with Crippen LogP contribution in [0.25, 0.3) is 0 Å². The van der Waals surface area contributed by atoms with Crippen LogP contribution in [-0.4, -0.2) is 63.5 Å². The number of rotatable bonds is 6. The van der Waals surface area contributed by atoms with E-state index in [0.717, 1.165) is 0 Å². The minimum atomic E-state index is -3.69. The van der Waals surface area contributed by atoms with Crippen molar-refractivity contribution in [3.63, 3.8) is 0 Å². The summed E-state index contributed by atoms with van der Waals surface area (Å²) in [7, 11) is -2.57. The van der Waals surface area contributed by atoms with Crippen molar-refractivity contribution >= 4 is 10.0 Å². The Morgan fingerprint density at radius 1 is 1.25 bits per heavy atom. The van der Waals surface area contributed by atoms with Gasteiger partial charge in [0.2, 0.25) is 10.0 Å². The number of methoxy groups -OCH3 is 1. The van der Waals surface area contributed by atoms with Gasteiger partial charge in [-0.05, 0) is 50.3 Å². The molecule has 1 fully saturated rings. The largest absolute Gasteiger partial charge is 0.497 e. The molecule has 0 spiro atoms. The zero-order valence-corrected chi connectivity index (χ0v) is 16.9. The summed E-state index contributed by atoms with van der Waals surface area (Å²) >= 11 is 0. The summed E-state index contributed by atoms with van der Waals surface area (Å²) < 4.78 is 54.6. The van der Waals surface area contributed by atoms with Gasteiger partial charge in [-0.15, -0.1) is 0 Å². The number of hydrogen-bond donors (Lipinski definition) is 1. The molecular formula is C21H28N2O4S. The highest BCUT2D eigenvalue weighted by atomic mass is 32.2. The quantitative estimate of drug-likeness (QED) is 0.795. The van der Waals surface area contributed by atoms with Gasteiger partial charge in [0.25, 0.3) is 0 Å². The van der Waals surface area contributed by atoms with E-state index in [4.69, 9.17) is 8.85 Å². The van der Waals surface area contributed by atoms with Crippen LogP contribution in [0.3, 0.4) is 0 Å². The average Bonchev–Trinajstić information content (AvgIpc) is 2.69. The van der Waals surface area contributed by atoms with Crippen LogP contribution < -0.4 is 4.74 Å². The van der Waals surface area contributed by atoms with Crippen LogP contribution >= 0.6 is 0 Å². The Kier molecular flexibility index (Phi) is 4.97. The fourth-order valence-corrected chi connectivity index (χ4v) is 5.31. The second kappa shape index (κ2) is 8.21. The van der Waals surface area contributed by atoms with Crippen LogP contribution in [0.2, 0.25) is 0 Å². The fourth-order valence-electron chi connectivity index (χ4n) is 3.81. The van der Waals surface area contributed by atoms with E-state index in [0.29, 0.717) is 12.1 Å². The Morgan fingerprint density at radius 3 is 2.68 bits per heavy atom. The van der Waals surface area contributed by atoms with Crippen LogP contribution in [0.5, 0.6) is 5.75 Å². The molecule has 1 heterocycles. The number of piperidine rings is 1. The molecule has 6 nitrogen and oxygen atoms in total. The summed E-state index contributed by atoms with van der Waals surface area (Å²) in [6, 6.07) is 14.6. The third-order valence-electron chi connectivity index (χ3n) is 5.26. The Balaban J connectivity index is 1.92. The maximum atomic E-state index is 13.1. The molecule has 3 rings (SSSR count). The van der Waals surface area contributed by atoms with E-state index in [-0.39, 0.29) is 30.2 Å². The molecule has 1 aliphatic rings.